The summed E-state index contributed by atoms with van der Waals surface area (Å²) in [5.41, 5.74) is 5.47. The molecule has 0 spiro atoms. The summed E-state index contributed by atoms with van der Waals surface area (Å²) in [4.78, 5) is 2.17. The van der Waals surface area contributed by atoms with Crippen LogP contribution >= 0.6 is 8.58 Å². The highest BCUT2D eigenvalue weighted by Gasteiger charge is 2.07. The molecule has 0 saturated heterocycles. The number of aliphatic hydroxyl groups excluding tert-OH is 1. The summed E-state index contributed by atoms with van der Waals surface area (Å²) in [5, 5.41) is 9.46. The summed E-state index contributed by atoms with van der Waals surface area (Å²) < 4.78 is 0. The van der Waals surface area contributed by atoms with E-state index in [1.54, 1.807) is 0 Å². The first-order valence-electron chi connectivity index (χ1n) is 4.63. The van der Waals surface area contributed by atoms with Crippen molar-refractivity contribution in [2.75, 3.05) is 32.8 Å². The maximum absolute atomic E-state index is 9.46. The van der Waals surface area contributed by atoms with Crippen molar-refractivity contribution in [2.45, 2.75) is 12.8 Å². The van der Waals surface area contributed by atoms with Gasteiger partial charge in [-0.1, -0.05) is 20.7 Å². The van der Waals surface area contributed by atoms with Gasteiger partial charge in [0, 0.05) is 26.2 Å². The normalized spacial score (nSPS) is 15.2. The number of nitrogens with two attached hydrogens (primary N) is 1. The minimum atomic E-state index is -0.197. The van der Waals surface area contributed by atoms with Crippen molar-refractivity contribution in [2.24, 2.45) is 5.73 Å². The summed E-state index contributed by atoms with van der Waals surface area (Å²) in [6.45, 7) is 7.13. The predicted molar refractivity (Wildman–Crippen MR) is 60.6 cm³/mol. The Balaban J connectivity index is 3.78. The number of aliphatic hydroxyl groups is 1. The summed E-state index contributed by atoms with van der Waals surface area (Å²) in [5.74, 6) is -0.197. The van der Waals surface area contributed by atoms with Gasteiger partial charge in [-0.15, -0.1) is 0 Å². The minimum absolute atomic E-state index is 0.197. The van der Waals surface area contributed by atoms with Gasteiger partial charge in [-0.05, 0) is 13.6 Å². The summed E-state index contributed by atoms with van der Waals surface area (Å²) in [6, 6.07) is 0. The van der Waals surface area contributed by atoms with Gasteiger partial charge >= 0.3 is 0 Å². The maximum Gasteiger partial charge on any atom is 0.0825 e. The first-order valence-corrected chi connectivity index (χ1v) is 6.21. The third kappa shape index (κ3) is 7.15. The van der Waals surface area contributed by atoms with Crippen molar-refractivity contribution < 1.29 is 5.11 Å². The lowest BCUT2D eigenvalue weighted by atomic mass is 10.4. The largest absolute Gasteiger partial charge is 0.388 e. The molecule has 0 radical (unpaired) electrons. The van der Waals surface area contributed by atoms with Crippen LogP contribution in [0.5, 0.6) is 0 Å². The molecule has 2 atom stereocenters. The SMILES string of the molecule is C/C=C/CN(CCN)CC(O)PC. The van der Waals surface area contributed by atoms with Crippen LogP contribution in [0.25, 0.3) is 0 Å². The lowest BCUT2D eigenvalue weighted by molar-refractivity contribution is 0.184. The second kappa shape index (κ2) is 8.64. The van der Waals surface area contributed by atoms with Crippen molar-refractivity contribution in [1.29, 1.82) is 0 Å². The van der Waals surface area contributed by atoms with Crippen LogP contribution in [0, 0.1) is 0 Å². The fourth-order valence-corrected chi connectivity index (χ4v) is 1.47. The van der Waals surface area contributed by atoms with Crippen molar-refractivity contribution in [3.63, 3.8) is 0 Å². The molecule has 0 aromatic carbocycles. The summed E-state index contributed by atoms with van der Waals surface area (Å²) >= 11 is 0. The van der Waals surface area contributed by atoms with Crippen molar-refractivity contribution >= 4 is 8.58 Å². The number of rotatable bonds is 7. The van der Waals surface area contributed by atoms with E-state index in [0.717, 1.165) is 19.6 Å². The third-order valence-electron chi connectivity index (χ3n) is 1.81. The zero-order valence-electron chi connectivity index (χ0n) is 8.53. The van der Waals surface area contributed by atoms with E-state index in [9.17, 15) is 5.11 Å². The highest BCUT2D eigenvalue weighted by Crippen LogP contribution is 2.11. The Hall–Kier alpha value is 0.0500. The van der Waals surface area contributed by atoms with Crippen LogP contribution in [0.2, 0.25) is 0 Å². The van der Waals surface area contributed by atoms with Crippen LogP contribution in [0.15, 0.2) is 12.2 Å². The Morgan fingerprint density at radius 3 is 2.77 bits per heavy atom. The van der Waals surface area contributed by atoms with Crippen molar-refractivity contribution in [1.82, 2.24) is 4.90 Å². The van der Waals surface area contributed by atoms with Crippen LogP contribution in [0.4, 0.5) is 0 Å². The Labute approximate surface area is 82.8 Å². The zero-order valence-corrected chi connectivity index (χ0v) is 9.53. The molecule has 0 aromatic rings. The van der Waals surface area contributed by atoms with E-state index in [0.29, 0.717) is 15.1 Å². The first-order chi connectivity index (χ1) is 6.24. The molecule has 0 saturated carbocycles. The molecule has 3 nitrogen and oxygen atoms in total. The lowest BCUT2D eigenvalue weighted by Crippen LogP contribution is -2.34. The second-order valence-electron chi connectivity index (χ2n) is 2.92. The van der Waals surface area contributed by atoms with Gasteiger partial charge in [0.05, 0.1) is 5.85 Å². The monoisotopic (exact) mass is 204 g/mol. The molecule has 0 aliphatic heterocycles. The zero-order chi connectivity index (χ0) is 10.1. The smallest absolute Gasteiger partial charge is 0.0825 e. The van der Waals surface area contributed by atoms with Gasteiger partial charge in [0.1, 0.15) is 0 Å². The molecule has 13 heavy (non-hydrogen) atoms. The molecule has 78 valence electrons. The van der Waals surface area contributed by atoms with Crippen LogP contribution in [0.1, 0.15) is 6.92 Å². The molecule has 0 rings (SSSR count). The molecule has 0 aliphatic rings. The van der Waals surface area contributed by atoms with E-state index in [1.165, 1.54) is 0 Å². The number of hydrogen-bond acceptors (Lipinski definition) is 3. The summed E-state index contributed by atoms with van der Waals surface area (Å²) in [7, 11) is 0.583. The van der Waals surface area contributed by atoms with Gasteiger partial charge in [0.15, 0.2) is 0 Å². The second-order valence-corrected chi connectivity index (χ2v) is 4.17. The van der Waals surface area contributed by atoms with E-state index >= 15 is 0 Å². The topological polar surface area (TPSA) is 49.5 Å². The van der Waals surface area contributed by atoms with E-state index in [2.05, 4.69) is 11.0 Å². The molecule has 2 unspecified atom stereocenters. The van der Waals surface area contributed by atoms with E-state index in [-0.39, 0.29) is 5.85 Å². The van der Waals surface area contributed by atoms with Gasteiger partial charge in [-0.3, -0.25) is 4.90 Å². The van der Waals surface area contributed by atoms with Crippen molar-refractivity contribution in [3.8, 4) is 0 Å². The van der Waals surface area contributed by atoms with Crippen LogP contribution in [-0.4, -0.2) is 48.7 Å². The molecular formula is C9H21N2OP. The lowest BCUT2D eigenvalue weighted by Gasteiger charge is -2.22. The first kappa shape index (κ1) is 13.1. The highest BCUT2D eigenvalue weighted by atomic mass is 31.1. The molecule has 0 heterocycles. The van der Waals surface area contributed by atoms with Gasteiger partial charge in [0.2, 0.25) is 0 Å². The van der Waals surface area contributed by atoms with Gasteiger partial charge in [-0.2, -0.15) is 0 Å². The van der Waals surface area contributed by atoms with Crippen LogP contribution in [-0.2, 0) is 0 Å². The fraction of sp³-hybridized carbons (Fsp3) is 0.778. The van der Waals surface area contributed by atoms with Crippen molar-refractivity contribution in [3.05, 3.63) is 12.2 Å². The molecule has 4 heteroatoms. The Morgan fingerprint density at radius 2 is 2.31 bits per heavy atom. The van der Waals surface area contributed by atoms with E-state index < -0.39 is 0 Å². The Kier molecular flexibility index (Phi) is 8.67. The molecule has 0 aromatic heterocycles. The van der Waals surface area contributed by atoms with Gasteiger partial charge < -0.3 is 10.8 Å². The predicted octanol–water partition coefficient (Wildman–Crippen LogP) is 0.450. The molecular weight excluding hydrogens is 183 g/mol. The Morgan fingerprint density at radius 1 is 1.62 bits per heavy atom. The number of nitrogens with zero attached hydrogens (tertiary/aromatic N) is 1. The quantitative estimate of drug-likeness (QED) is 0.467. The van der Waals surface area contributed by atoms with Gasteiger partial charge in [0.25, 0.3) is 0 Å². The number of hydrogen-bond donors (Lipinski definition) is 2. The van der Waals surface area contributed by atoms with Crippen LogP contribution < -0.4 is 5.73 Å². The highest BCUT2D eigenvalue weighted by molar-refractivity contribution is 7.37. The average Bonchev–Trinajstić information content (AvgIpc) is 2.14. The van der Waals surface area contributed by atoms with E-state index in [4.69, 9.17) is 5.73 Å². The van der Waals surface area contributed by atoms with Gasteiger partial charge in [-0.25, -0.2) is 0 Å². The molecule has 0 aliphatic carbocycles. The average molecular weight is 204 g/mol. The standard InChI is InChI=1S/C9H21N2OP/c1-3-4-6-11(7-5-10)8-9(12)13-2/h3-4,9,12-13H,5-8,10H2,1-2H3/b4-3+. The summed E-state index contributed by atoms with van der Waals surface area (Å²) in [6.07, 6.45) is 4.10. The fourth-order valence-electron chi connectivity index (χ4n) is 1.03. The van der Waals surface area contributed by atoms with Crippen LogP contribution in [0.3, 0.4) is 0 Å². The number of allylic oxidation sites excluding steroid dienone is 1. The maximum atomic E-state index is 9.46. The molecule has 0 bridgehead atoms. The Bertz CT molecular complexity index is 142. The molecule has 3 N–H and O–H groups in total. The molecule has 0 amide bonds. The van der Waals surface area contributed by atoms with E-state index in [1.807, 2.05) is 19.7 Å². The molecule has 0 fully saturated rings. The minimum Gasteiger partial charge on any atom is -0.388 e. The third-order valence-corrected chi connectivity index (χ3v) is 2.66.